The van der Waals surface area contributed by atoms with Gasteiger partial charge in [0.25, 0.3) is 0 Å². The molecule has 0 saturated carbocycles. The number of carbonyl (C=O) groups excluding carboxylic acids is 1. The summed E-state index contributed by atoms with van der Waals surface area (Å²) in [6.07, 6.45) is 1.36. The second-order valence-corrected chi connectivity index (χ2v) is 8.71. The average molecular weight is 424 g/mol. The highest BCUT2D eigenvalue weighted by atomic mass is 35.5. The molecule has 148 valence electrons. The molecule has 2 heterocycles. The molecule has 2 aliphatic heterocycles. The number of sulfone groups is 1. The number of benzene rings is 1. The van der Waals surface area contributed by atoms with Crippen LogP contribution in [0.2, 0.25) is 0 Å². The molecule has 1 amide bonds. The summed E-state index contributed by atoms with van der Waals surface area (Å²) in [6, 6.07) is 7.23. The summed E-state index contributed by atoms with van der Waals surface area (Å²) in [5.41, 5.74) is 1.02. The highest BCUT2D eigenvalue weighted by molar-refractivity contribution is 7.92. The van der Waals surface area contributed by atoms with Gasteiger partial charge in [-0.1, -0.05) is 0 Å². The van der Waals surface area contributed by atoms with Gasteiger partial charge < -0.3 is 15.1 Å². The van der Waals surface area contributed by atoms with E-state index in [1.165, 1.54) is 0 Å². The summed E-state index contributed by atoms with van der Waals surface area (Å²) in [7, 11) is -3.24. The molecule has 2 saturated heterocycles. The van der Waals surface area contributed by atoms with E-state index in [2.05, 4.69) is 10.2 Å². The molecule has 2 aliphatic rings. The van der Waals surface area contributed by atoms with Crippen molar-refractivity contribution in [1.82, 2.24) is 10.2 Å². The van der Waals surface area contributed by atoms with Crippen molar-refractivity contribution in [1.29, 1.82) is 0 Å². The van der Waals surface area contributed by atoms with Gasteiger partial charge in [0.2, 0.25) is 5.91 Å². The predicted molar refractivity (Wildman–Crippen MR) is 108 cm³/mol. The molecule has 0 unspecified atom stereocenters. The van der Waals surface area contributed by atoms with E-state index in [0.717, 1.165) is 31.9 Å². The number of hydrogen-bond donors (Lipinski definition) is 1. The van der Waals surface area contributed by atoms with Crippen molar-refractivity contribution >= 4 is 46.2 Å². The van der Waals surface area contributed by atoms with Gasteiger partial charge in [0.1, 0.15) is 0 Å². The first-order valence-corrected chi connectivity index (χ1v) is 10.1. The number of nitrogens with zero attached hydrogens (tertiary/aromatic N) is 2. The Labute approximate surface area is 168 Å². The number of carbonyl (C=O) groups is 1. The molecule has 2 fully saturated rings. The fraction of sp³-hybridized carbons (Fsp3) is 0.588. The minimum absolute atomic E-state index is 0. The summed E-state index contributed by atoms with van der Waals surface area (Å²) >= 11 is 0. The van der Waals surface area contributed by atoms with E-state index in [4.69, 9.17) is 0 Å². The van der Waals surface area contributed by atoms with Crippen LogP contribution < -0.4 is 10.2 Å². The van der Waals surface area contributed by atoms with Gasteiger partial charge in [-0.05, 0) is 50.2 Å². The molecular formula is C17H27Cl2N3O3S. The van der Waals surface area contributed by atoms with Gasteiger partial charge in [-0.2, -0.15) is 0 Å². The van der Waals surface area contributed by atoms with Crippen molar-refractivity contribution in [2.24, 2.45) is 0 Å². The Morgan fingerprint density at radius 1 is 1.00 bits per heavy atom. The number of piperazine rings is 1. The SMILES string of the molecule is CC(=O)N1CCN(c2ccc(S(=O)(=O)C3CCNCC3)cc2)CC1.Cl.Cl. The molecule has 0 atom stereocenters. The molecule has 1 aromatic carbocycles. The zero-order valence-electron chi connectivity index (χ0n) is 14.9. The van der Waals surface area contributed by atoms with Crippen LogP contribution in [0.15, 0.2) is 29.2 Å². The van der Waals surface area contributed by atoms with Crippen LogP contribution in [0, 0.1) is 0 Å². The molecule has 0 aromatic heterocycles. The highest BCUT2D eigenvalue weighted by Gasteiger charge is 2.29. The first kappa shape index (κ1) is 23.0. The van der Waals surface area contributed by atoms with Crippen molar-refractivity contribution < 1.29 is 13.2 Å². The van der Waals surface area contributed by atoms with E-state index < -0.39 is 9.84 Å². The smallest absolute Gasteiger partial charge is 0.219 e. The third-order valence-corrected chi connectivity index (χ3v) is 7.26. The van der Waals surface area contributed by atoms with Crippen LogP contribution in [0.1, 0.15) is 19.8 Å². The van der Waals surface area contributed by atoms with Crippen LogP contribution in [-0.2, 0) is 14.6 Å². The monoisotopic (exact) mass is 423 g/mol. The molecule has 9 heteroatoms. The van der Waals surface area contributed by atoms with Crippen molar-refractivity contribution in [3.63, 3.8) is 0 Å². The van der Waals surface area contributed by atoms with Gasteiger partial charge in [-0.25, -0.2) is 8.42 Å². The molecule has 0 spiro atoms. The minimum Gasteiger partial charge on any atom is -0.368 e. The van der Waals surface area contributed by atoms with E-state index in [1.54, 1.807) is 19.1 Å². The molecule has 1 N–H and O–H groups in total. The molecule has 0 aliphatic carbocycles. The number of amides is 1. The second kappa shape index (κ2) is 9.78. The van der Waals surface area contributed by atoms with E-state index >= 15 is 0 Å². The number of nitrogens with one attached hydrogen (secondary N) is 1. The summed E-state index contributed by atoms with van der Waals surface area (Å²) < 4.78 is 25.4. The third-order valence-electron chi connectivity index (χ3n) is 4.98. The van der Waals surface area contributed by atoms with Crippen LogP contribution >= 0.6 is 24.8 Å². The molecule has 26 heavy (non-hydrogen) atoms. The number of rotatable bonds is 3. The topological polar surface area (TPSA) is 69.7 Å². The summed E-state index contributed by atoms with van der Waals surface area (Å²) in [4.78, 5) is 15.8. The van der Waals surface area contributed by atoms with Crippen LogP contribution in [0.5, 0.6) is 0 Å². The minimum atomic E-state index is -3.24. The fourth-order valence-electron chi connectivity index (χ4n) is 3.42. The van der Waals surface area contributed by atoms with Gasteiger partial charge in [0.15, 0.2) is 9.84 Å². The Kier molecular flexibility index (Phi) is 8.66. The van der Waals surface area contributed by atoms with Crippen molar-refractivity contribution in [3.05, 3.63) is 24.3 Å². The van der Waals surface area contributed by atoms with E-state index in [9.17, 15) is 13.2 Å². The summed E-state index contributed by atoms with van der Waals surface area (Å²) in [5, 5.41) is 2.93. The maximum atomic E-state index is 12.7. The molecular weight excluding hydrogens is 397 g/mol. The van der Waals surface area contributed by atoms with E-state index in [1.807, 2.05) is 17.0 Å². The largest absolute Gasteiger partial charge is 0.368 e. The van der Waals surface area contributed by atoms with Crippen LogP contribution in [0.4, 0.5) is 5.69 Å². The fourth-order valence-corrected chi connectivity index (χ4v) is 5.18. The Morgan fingerprint density at radius 2 is 1.54 bits per heavy atom. The van der Waals surface area contributed by atoms with E-state index in [0.29, 0.717) is 30.8 Å². The predicted octanol–water partition coefficient (Wildman–Crippen LogP) is 1.72. The van der Waals surface area contributed by atoms with Gasteiger partial charge in [-0.15, -0.1) is 24.8 Å². The molecule has 0 bridgehead atoms. The lowest BCUT2D eigenvalue weighted by atomic mass is 10.2. The lowest BCUT2D eigenvalue weighted by molar-refractivity contribution is -0.129. The number of anilines is 1. The average Bonchev–Trinajstić information content (AvgIpc) is 2.62. The standard InChI is InChI=1S/C17H25N3O3S.2ClH/c1-14(21)19-10-12-20(13-11-19)15-2-4-16(5-3-15)24(22,23)17-6-8-18-9-7-17;;/h2-5,17-18H,6-13H2,1H3;2*1H. The maximum absolute atomic E-state index is 12.7. The van der Waals surface area contributed by atoms with E-state index in [-0.39, 0.29) is 36.0 Å². The summed E-state index contributed by atoms with van der Waals surface area (Å²) in [5.74, 6) is 0.109. The van der Waals surface area contributed by atoms with Gasteiger partial charge in [0.05, 0.1) is 10.1 Å². The Bertz CT molecular complexity index is 684. The number of hydrogen-bond acceptors (Lipinski definition) is 5. The van der Waals surface area contributed by atoms with Gasteiger partial charge >= 0.3 is 0 Å². The quantitative estimate of drug-likeness (QED) is 0.801. The second-order valence-electron chi connectivity index (χ2n) is 6.48. The van der Waals surface area contributed by atoms with Gasteiger partial charge in [0, 0.05) is 38.8 Å². The molecule has 6 nitrogen and oxygen atoms in total. The lowest BCUT2D eigenvalue weighted by Gasteiger charge is -2.35. The van der Waals surface area contributed by atoms with Crippen molar-refractivity contribution in [2.75, 3.05) is 44.2 Å². The van der Waals surface area contributed by atoms with Crippen molar-refractivity contribution in [2.45, 2.75) is 29.9 Å². The van der Waals surface area contributed by atoms with Crippen LogP contribution in [0.3, 0.4) is 0 Å². The highest BCUT2D eigenvalue weighted by Crippen LogP contribution is 2.25. The number of piperidine rings is 1. The van der Waals surface area contributed by atoms with Crippen molar-refractivity contribution in [3.8, 4) is 0 Å². The zero-order chi connectivity index (χ0) is 17.2. The Balaban J connectivity index is 0.00000169. The first-order valence-electron chi connectivity index (χ1n) is 8.53. The first-order chi connectivity index (χ1) is 11.5. The normalized spacial score (nSPS) is 18.7. The van der Waals surface area contributed by atoms with Crippen LogP contribution in [-0.4, -0.2) is 63.7 Å². The third kappa shape index (κ3) is 5.03. The van der Waals surface area contributed by atoms with Crippen LogP contribution in [0.25, 0.3) is 0 Å². The molecule has 3 rings (SSSR count). The molecule has 1 aromatic rings. The number of halogens is 2. The molecule has 0 radical (unpaired) electrons. The van der Waals surface area contributed by atoms with Gasteiger partial charge in [-0.3, -0.25) is 4.79 Å². The Morgan fingerprint density at radius 3 is 2.04 bits per heavy atom. The lowest BCUT2D eigenvalue weighted by Crippen LogP contribution is -2.48. The maximum Gasteiger partial charge on any atom is 0.219 e. The zero-order valence-corrected chi connectivity index (χ0v) is 17.3. The summed E-state index contributed by atoms with van der Waals surface area (Å²) in [6.45, 7) is 6.11. The Hall–Kier alpha value is -1.02.